The second kappa shape index (κ2) is 11.6. The molecule has 0 fully saturated rings. The SMILES string of the molecule is CCOC(=O)C1=C(C)N=c2s/c(=C/c3ccc(OC(C)=O)c(OC)c3)c(=O)n2[C@@H]1c1ccc(OC)c(OC)c1. The predicted octanol–water partition coefficient (Wildman–Crippen LogP) is 2.75. The summed E-state index contributed by atoms with van der Waals surface area (Å²) in [6.07, 6.45) is 1.69. The van der Waals surface area contributed by atoms with Gasteiger partial charge in [0.1, 0.15) is 0 Å². The van der Waals surface area contributed by atoms with E-state index in [2.05, 4.69) is 4.99 Å². The first-order valence-corrected chi connectivity index (χ1v) is 12.8. The minimum Gasteiger partial charge on any atom is -0.493 e. The maximum Gasteiger partial charge on any atom is 0.338 e. The van der Waals surface area contributed by atoms with Crippen LogP contribution < -0.4 is 33.8 Å². The highest BCUT2D eigenvalue weighted by Gasteiger charge is 2.34. The molecule has 2 aromatic carbocycles. The van der Waals surface area contributed by atoms with Crippen molar-refractivity contribution < 1.29 is 33.3 Å². The van der Waals surface area contributed by atoms with E-state index >= 15 is 0 Å². The van der Waals surface area contributed by atoms with Gasteiger partial charge in [-0.1, -0.05) is 23.5 Å². The number of ether oxygens (including phenoxy) is 5. The first-order chi connectivity index (χ1) is 18.7. The molecule has 0 radical (unpaired) electrons. The summed E-state index contributed by atoms with van der Waals surface area (Å²) in [6.45, 7) is 4.91. The van der Waals surface area contributed by atoms with Crippen molar-refractivity contribution in [1.29, 1.82) is 0 Å². The molecule has 1 atom stereocenters. The molecule has 0 bridgehead atoms. The average molecular weight is 553 g/mol. The fraction of sp³-hybridized carbons (Fsp3) is 0.286. The summed E-state index contributed by atoms with van der Waals surface area (Å²) in [5.41, 5.74) is 1.65. The van der Waals surface area contributed by atoms with Crippen LogP contribution in [0.25, 0.3) is 6.08 Å². The fourth-order valence-corrected chi connectivity index (χ4v) is 5.34. The van der Waals surface area contributed by atoms with Gasteiger partial charge in [0.2, 0.25) is 0 Å². The van der Waals surface area contributed by atoms with Gasteiger partial charge in [0.05, 0.1) is 49.8 Å². The zero-order valence-electron chi connectivity index (χ0n) is 22.4. The first kappa shape index (κ1) is 27.6. The van der Waals surface area contributed by atoms with Crippen LogP contribution in [-0.4, -0.2) is 44.4 Å². The molecule has 1 aliphatic rings. The summed E-state index contributed by atoms with van der Waals surface area (Å²) in [5.74, 6) is 0.547. The number of thiazole rings is 1. The molecular formula is C28H28N2O8S. The second-order valence-electron chi connectivity index (χ2n) is 8.42. The number of carbonyl (C=O) groups excluding carboxylic acids is 2. The lowest BCUT2D eigenvalue weighted by atomic mass is 9.95. The van der Waals surface area contributed by atoms with Gasteiger partial charge >= 0.3 is 11.9 Å². The molecule has 0 amide bonds. The van der Waals surface area contributed by atoms with E-state index in [0.717, 1.165) is 0 Å². The molecular weight excluding hydrogens is 524 g/mol. The molecule has 0 aliphatic carbocycles. The highest BCUT2D eigenvalue weighted by atomic mass is 32.1. The number of nitrogens with zero attached hydrogens (tertiary/aromatic N) is 2. The third-order valence-corrected chi connectivity index (χ3v) is 6.96. The number of benzene rings is 2. The quantitative estimate of drug-likeness (QED) is 0.310. The van der Waals surface area contributed by atoms with Crippen molar-refractivity contribution in [2.75, 3.05) is 27.9 Å². The van der Waals surface area contributed by atoms with Crippen LogP contribution in [0, 0.1) is 0 Å². The van der Waals surface area contributed by atoms with Crippen LogP contribution in [0.5, 0.6) is 23.0 Å². The van der Waals surface area contributed by atoms with Gasteiger partial charge < -0.3 is 23.7 Å². The third kappa shape index (κ3) is 5.44. The molecule has 2 heterocycles. The van der Waals surface area contributed by atoms with E-state index in [1.807, 2.05) is 0 Å². The van der Waals surface area contributed by atoms with Crippen molar-refractivity contribution in [3.8, 4) is 23.0 Å². The van der Waals surface area contributed by atoms with Crippen molar-refractivity contribution in [1.82, 2.24) is 4.57 Å². The number of allylic oxidation sites excluding steroid dienone is 1. The van der Waals surface area contributed by atoms with Crippen LogP contribution >= 0.6 is 11.3 Å². The topological polar surface area (TPSA) is 115 Å². The Morgan fingerprint density at radius 3 is 2.31 bits per heavy atom. The number of methoxy groups -OCH3 is 3. The maximum absolute atomic E-state index is 13.8. The Hall–Kier alpha value is -4.38. The number of carbonyl (C=O) groups is 2. The van der Waals surface area contributed by atoms with Crippen molar-refractivity contribution in [2.45, 2.75) is 26.8 Å². The normalized spacial score (nSPS) is 14.8. The fourth-order valence-electron chi connectivity index (χ4n) is 4.29. The van der Waals surface area contributed by atoms with Gasteiger partial charge in [0, 0.05) is 6.92 Å². The Bertz CT molecular complexity index is 1650. The summed E-state index contributed by atoms with van der Waals surface area (Å²) >= 11 is 1.19. The number of hydrogen-bond acceptors (Lipinski definition) is 10. The minimum absolute atomic E-state index is 0.170. The smallest absolute Gasteiger partial charge is 0.338 e. The zero-order valence-corrected chi connectivity index (χ0v) is 23.2. The lowest BCUT2D eigenvalue weighted by Gasteiger charge is -2.25. The molecule has 0 saturated carbocycles. The zero-order chi connectivity index (χ0) is 28.3. The van der Waals surface area contributed by atoms with Gasteiger partial charge in [-0.3, -0.25) is 14.2 Å². The molecule has 0 unspecified atom stereocenters. The van der Waals surface area contributed by atoms with Gasteiger partial charge in [0.25, 0.3) is 5.56 Å². The predicted molar refractivity (Wildman–Crippen MR) is 144 cm³/mol. The van der Waals surface area contributed by atoms with Gasteiger partial charge in [-0.2, -0.15) is 0 Å². The monoisotopic (exact) mass is 552 g/mol. The summed E-state index contributed by atoms with van der Waals surface area (Å²) in [6, 6.07) is 9.40. The molecule has 0 N–H and O–H groups in total. The molecule has 0 saturated heterocycles. The number of esters is 2. The summed E-state index contributed by atoms with van der Waals surface area (Å²) in [7, 11) is 4.51. The number of aromatic nitrogens is 1. The summed E-state index contributed by atoms with van der Waals surface area (Å²) in [4.78, 5) is 43.3. The van der Waals surface area contributed by atoms with Gasteiger partial charge in [-0.15, -0.1) is 0 Å². The lowest BCUT2D eigenvalue weighted by molar-refractivity contribution is -0.139. The van der Waals surface area contributed by atoms with Gasteiger partial charge in [-0.25, -0.2) is 9.79 Å². The Morgan fingerprint density at radius 1 is 1.00 bits per heavy atom. The van der Waals surface area contributed by atoms with Crippen LogP contribution in [0.3, 0.4) is 0 Å². The molecule has 1 aromatic heterocycles. The van der Waals surface area contributed by atoms with Crippen molar-refractivity contribution in [2.24, 2.45) is 4.99 Å². The minimum atomic E-state index is -0.803. The van der Waals surface area contributed by atoms with Crippen molar-refractivity contribution in [3.63, 3.8) is 0 Å². The lowest BCUT2D eigenvalue weighted by Crippen LogP contribution is -2.39. The Balaban J connectivity index is 1.92. The van der Waals surface area contributed by atoms with E-state index in [9.17, 15) is 14.4 Å². The molecule has 204 valence electrons. The molecule has 3 aromatic rings. The molecule has 1 aliphatic heterocycles. The van der Waals surface area contributed by atoms with Crippen LogP contribution in [0.1, 0.15) is 37.9 Å². The molecule has 0 spiro atoms. The Labute approximate surface area is 228 Å². The second-order valence-corrected chi connectivity index (χ2v) is 9.43. The van der Waals surface area contributed by atoms with E-state index in [4.69, 9.17) is 23.7 Å². The summed E-state index contributed by atoms with van der Waals surface area (Å²) < 4.78 is 28.6. The van der Waals surface area contributed by atoms with E-state index in [-0.39, 0.29) is 23.5 Å². The molecule has 4 rings (SSSR count). The summed E-state index contributed by atoms with van der Waals surface area (Å²) in [5, 5.41) is 0. The van der Waals surface area contributed by atoms with Crippen LogP contribution in [0.4, 0.5) is 0 Å². The molecule has 39 heavy (non-hydrogen) atoms. The van der Waals surface area contributed by atoms with Crippen LogP contribution in [0.15, 0.2) is 57.5 Å². The number of hydrogen-bond donors (Lipinski definition) is 0. The highest BCUT2D eigenvalue weighted by molar-refractivity contribution is 7.07. The van der Waals surface area contributed by atoms with E-state index in [1.165, 1.54) is 44.2 Å². The van der Waals surface area contributed by atoms with E-state index < -0.39 is 18.0 Å². The van der Waals surface area contributed by atoms with E-state index in [1.54, 1.807) is 56.3 Å². The van der Waals surface area contributed by atoms with Crippen molar-refractivity contribution in [3.05, 3.63) is 78.5 Å². The maximum atomic E-state index is 13.8. The van der Waals surface area contributed by atoms with Gasteiger partial charge in [-0.05, 0) is 55.3 Å². The molecule has 11 heteroatoms. The van der Waals surface area contributed by atoms with E-state index in [0.29, 0.717) is 43.4 Å². The van der Waals surface area contributed by atoms with Crippen LogP contribution in [0.2, 0.25) is 0 Å². The average Bonchev–Trinajstić information content (AvgIpc) is 3.21. The largest absolute Gasteiger partial charge is 0.493 e. The third-order valence-electron chi connectivity index (χ3n) is 5.98. The van der Waals surface area contributed by atoms with Gasteiger partial charge in [0.15, 0.2) is 27.8 Å². The van der Waals surface area contributed by atoms with Crippen LogP contribution in [-0.2, 0) is 14.3 Å². The first-order valence-electron chi connectivity index (χ1n) is 12.0. The number of rotatable bonds is 8. The standard InChI is InChI=1S/C28H28N2O8S/c1-7-37-27(33)24-15(2)29-28-30(25(24)18-9-11-19(34-4)22(14-18)36-6)26(32)23(39-28)13-17-8-10-20(38-16(3)31)21(12-17)35-5/h8-14,25H,7H2,1-6H3/b23-13+/t25-/m1/s1. The Morgan fingerprint density at radius 2 is 1.67 bits per heavy atom. The number of fused-ring (bicyclic) bond motifs is 1. The Kier molecular flexibility index (Phi) is 8.20. The molecule has 10 nitrogen and oxygen atoms in total. The van der Waals surface area contributed by atoms with Crippen molar-refractivity contribution >= 4 is 29.4 Å². The highest BCUT2D eigenvalue weighted by Crippen LogP contribution is 2.36.